The van der Waals surface area contributed by atoms with Gasteiger partial charge >= 0.3 is 6.09 Å². The summed E-state index contributed by atoms with van der Waals surface area (Å²) >= 11 is 0. The number of hydrogen-bond donors (Lipinski definition) is 2. The number of ether oxygens (including phenoxy) is 1. The molecule has 6 heteroatoms. The second kappa shape index (κ2) is 4.76. The molecule has 0 aromatic rings. The number of hydrogen-bond acceptors (Lipinski definition) is 4. The minimum Gasteiger partial charge on any atom is -0.453 e. The van der Waals surface area contributed by atoms with Crippen LogP contribution in [0.25, 0.3) is 0 Å². The lowest BCUT2D eigenvalue weighted by Gasteiger charge is -2.17. The van der Waals surface area contributed by atoms with Crippen molar-refractivity contribution in [3.8, 4) is 0 Å². The van der Waals surface area contributed by atoms with E-state index in [0.29, 0.717) is 18.6 Å². The van der Waals surface area contributed by atoms with Crippen LogP contribution in [0.1, 0.15) is 19.8 Å². The number of piperidine rings is 1. The number of nitrogens with one attached hydrogen (secondary N) is 2. The number of rotatable bonds is 4. The molecule has 0 spiro atoms. The van der Waals surface area contributed by atoms with Crippen LogP contribution < -0.4 is 10.6 Å². The van der Waals surface area contributed by atoms with Gasteiger partial charge in [0.15, 0.2) is 0 Å². The van der Waals surface area contributed by atoms with Crippen LogP contribution in [0.3, 0.4) is 0 Å². The fourth-order valence-corrected chi connectivity index (χ4v) is 2.98. The predicted octanol–water partition coefficient (Wildman–Crippen LogP) is -0.0587. The van der Waals surface area contributed by atoms with E-state index in [-0.39, 0.29) is 17.9 Å². The van der Waals surface area contributed by atoms with Crippen molar-refractivity contribution in [2.45, 2.75) is 31.8 Å². The fraction of sp³-hybridized carbons (Fsp3) is 0.833. The summed E-state index contributed by atoms with van der Waals surface area (Å²) in [5.41, 5.74) is 0.273. The largest absolute Gasteiger partial charge is 0.453 e. The Morgan fingerprint density at radius 3 is 2.67 bits per heavy atom. The first-order valence-electron chi connectivity index (χ1n) is 6.29. The van der Waals surface area contributed by atoms with Crippen molar-refractivity contribution in [3.05, 3.63) is 0 Å². The van der Waals surface area contributed by atoms with E-state index in [0.717, 1.165) is 6.42 Å². The first-order valence-corrected chi connectivity index (χ1v) is 6.29. The second-order valence-electron chi connectivity index (χ2n) is 5.42. The molecular weight excluding hydrogens is 234 g/mol. The SMILES string of the molecule is COC(=O)NCC(=O)NCC12CC(C)N(C)C1C2. The van der Waals surface area contributed by atoms with Crippen LogP contribution in [0.4, 0.5) is 4.79 Å². The lowest BCUT2D eigenvalue weighted by molar-refractivity contribution is -0.120. The zero-order chi connectivity index (χ0) is 13.3. The minimum atomic E-state index is -0.582. The molecule has 0 aromatic heterocycles. The van der Waals surface area contributed by atoms with Crippen molar-refractivity contribution >= 4 is 12.0 Å². The van der Waals surface area contributed by atoms with E-state index in [1.165, 1.54) is 13.5 Å². The van der Waals surface area contributed by atoms with Gasteiger partial charge in [-0.2, -0.15) is 0 Å². The van der Waals surface area contributed by atoms with Crippen molar-refractivity contribution in [2.24, 2.45) is 5.41 Å². The third-order valence-corrected chi connectivity index (χ3v) is 4.25. The highest BCUT2D eigenvalue weighted by Gasteiger charge is 2.62. The molecule has 2 fully saturated rings. The lowest BCUT2D eigenvalue weighted by Crippen LogP contribution is -2.39. The van der Waals surface area contributed by atoms with Crippen LogP contribution in [0.15, 0.2) is 0 Å². The highest BCUT2D eigenvalue weighted by Crippen LogP contribution is 2.58. The third-order valence-electron chi connectivity index (χ3n) is 4.25. The Morgan fingerprint density at radius 2 is 2.11 bits per heavy atom. The van der Waals surface area contributed by atoms with E-state index < -0.39 is 6.09 Å². The molecule has 0 aromatic carbocycles. The van der Waals surface area contributed by atoms with Crippen molar-refractivity contribution in [1.29, 1.82) is 0 Å². The van der Waals surface area contributed by atoms with E-state index in [9.17, 15) is 9.59 Å². The topological polar surface area (TPSA) is 70.7 Å². The van der Waals surface area contributed by atoms with Gasteiger partial charge < -0.3 is 20.3 Å². The Bertz CT molecular complexity index is 360. The van der Waals surface area contributed by atoms with Crippen LogP contribution in [0.5, 0.6) is 0 Å². The van der Waals surface area contributed by atoms with Gasteiger partial charge in [-0.25, -0.2) is 4.79 Å². The number of likely N-dealkylation sites (tertiary alicyclic amines) is 1. The first-order chi connectivity index (χ1) is 8.48. The van der Waals surface area contributed by atoms with Gasteiger partial charge in [0.2, 0.25) is 5.91 Å². The smallest absolute Gasteiger partial charge is 0.407 e. The molecule has 1 saturated carbocycles. The van der Waals surface area contributed by atoms with E-state index in [1.807, 2.05) is 0 Å². The Morgan fingerprint density at radius 1 is 1.39 bits per heavy atom. The molecule has 1 aliphatic carbocycles. The first kappa shape index (κ1) is 13.1. The van der Waals surface area contributed by atoms with E-state index in [4.69, 9.17) is 0 Å². The van der Waals surface area contributed by atoms with E-state index in [1.54, 1.807) is 0 Å². The van der Waals surface area contributed by atoms with Crippen LogP contribution in [0, 0.1) is 5.41 Å². The Balaban J connectivity index is 1.70. The van der Waals surface area contributed by atoms with Crippen molar-refractivity contribution in [2.75, 3.05) is 27.2 Å². The van der Waals surface area contributed by atoms with Gasteiger partial charge in [-0.3, -0.25) is 4.79 Å². The number of methoxy groups -OCH3 is 1. The highest BCUT2D eigenvalue weighted by atomic mass is 16.5. The van der Waals surface area contributed by atoms with Crippen LogP contribution >= 0.6 is 0 Å². The number of carbonyl (C=O) groups is 2. The highest BCUT2D eigenvalue weighted by molar-refractivity contribution is 5.82. The summed E-state index contributed by atoms with van der Waals surface area (Å²) < 4.78 is 4.40. The molecule has 3 unspecified atom stereocenters. The van der Waals surface area contributed by atoms with Crippen molar-refractivity contribution in [1.82, 2.24) is 15.5 Å². The standard InChI is InChI=1S/C12H21N3O3/c1-8-4-12(5-9(12)15(8)2)7-14-10(16)6-13-11(17)18-3/h8-9H,4-7H2,1-3H3,(H,13,17)(H,14,16). The monoisotopic (exact) mass is 255 g/mol. The molecule has 0 bridgehead atoms. The van der Waals surface area contributed by atoms with Crippen LogP contribution in [-0.2, 0) is 9.53 Å². The third kappa shape index (κ3) is 2.43. The van der Waals surface area contributed by atoms with Gasteiger partial charge in [0.05, 0.1) is 13.7 Å². The summed E-state index contributed by atoms with van der Waals surface area (Å²) in [6.07, 6.45) is 1.72. The average molecular weight is 255 g/mol. The molecular formula is C12H21N3O3. The zero-order valence-electron chi connectivity index (χ0n) is 11.2. The molecule has 1 heterocycles. The molecule has 2 N–H and O–H groups in total. The summed E-state index contributed by atoms with van der Waals surface area (Å²) in [6.45, 7) is 2.89. The maximum Gasteiger partial charge on any atom is 0.407 e. The molecule has 1 saturated heterocycles. The Hall–Kier alpha value is -1.30. The van der Waals surface area contributed by atoms with E-state index in [2.05, 4.69) is 34.2 Å². The summed E-state index contributed by atoms with van der Waals surface area (Å²) in [4.78, 5) is 24.8. The summed E-state index contributed by atoms with van der Waals surface area (Å²) in [5.74, 6) is -0.164. The maximum absolute atomic E-state index is 11.5. The summed E-state index contributed by atoms with van der Waals surface area (Å²) in [6, 6.07) is 1.20. The average Bonchev–Trinajstić information content (AvgIpc) is 3.01. The van der Waals surface area contributed by atoms with Gasteiger partial charge in [0.25, 0.3) is 0 Å². The molecule has 102 valence electrons. The normalized spacial score (nSPS) is 33.7. The summed E-state index contributed by atoms with van der Waals surface area (Å²) in [5, 5.41) is 5.26. The summed E-state index contributed by atoms with van der Waals surface area (Å²) in [7, 11) is 3.42. The van der Waals surface area contributed by atoms with Crippen molar-refractivity contribution < 1.29 is 14.3 Å². The predicted molar refractivity (Wildman–Crippen MR) is 66.1 cm³/mol. The molecule has 2 amide bonds. The second-order valence-corrected chi connectivity index (χ2v) is 5.42. The zero-order valence-corrected chi connectivity index (χ0v) is 11.2. The van der Waals surface area contributed by atoms with E-state index >= 15 is 0 Å². The number of amides is 2. The molecule has 3 atom stereocenters. The Labute approximate surface area is 107 Å². The minimum absolute atomic E-state index is 0.0290. The maximum atomic E-state index is 11.5. The van der Waals surface area contributed by atoms with Crippen LogP contribution in [-0.4, -0.2) is 56.2 Å². The number of fused-ring (bicyclic) bond motifs is 1. The van der Waals surface area contributed by atoms with Crippen molar-refractivity contribution in [3.63, 3.8) is 0 Å². The lowest BCUT2D eigenvalue weighted by atomic mass is 10.0. The van der Waals surface area contributed by atoms with Gasteiger partial charge in [-0.05, 0) is 26.8 Å². The van der Waals surface area contributed by atoms with Gasteiger partial charge in [-0.1, -0.05) is 0 Å². The molecule has 0 radical (unpaired) electrons. The van der Waals surface area contributed by atoms with Gasteiger partial charge in [0, 0.05) is 24.0 Å². The molecule has 2 aliphatic rings. The Kier molecular flexibility index (Phi) is 3.47. The fourth-order valence-electron chi connectivity index (χ4n) is 2.98. The molecule has 1 aliphatic heterocycles. The molecule has 6 nitrogen and oxygen atoms in total. The van der Waals surface area contributed by atoms with Gasteiger partial charge in [-0.15, -0.1) is 0 Å². The van der Waals surface area contributed by atoms with Crippen LogP contribution in [0.2, 0.25) is 0 Å². The number of alkyl carbamates (subject to hydrolysis) is 1. The number of nitrogens with zero attached hydrogens (tertiary/aromatic N) is 1. The number of carbonyl (C=O) groups excluding carboxylic acids is 2. The molecule has 18 heavy (non-hydrogen) atoms. The van der Waals surface area contributed by atoms with Gasteiger partial charge in [0.1, 0.15) is 0 Å². The molecule has 2 rings (SSSR count). The quantitative estimate of drug-likeness (QED) is 0.738.